The molecule has 0 radical (unpaired) electrons. The van der Waals surface area contributed by atoms with E-state index in [0.717, 1.165) is 6.54 Å². The Bertz CT molecular complexity index is 478. The van der Waals surface area contributed by atoms with Crippen LogP contribution in [0.15, 0.2) is 24.3 Å². The van der Waals surface area contributed by atoms with Crippen LogP contribution in [-0.4, -0.2) is 11.5 Å². The summed E-state index contributed by atoms with van der Waals surface area (Å²) in [6, 6.07) is 9.08. The molecule has 2 nitrogen and oxygen atoms in total. The van der Waals surface area contributed by atoms with E-state index in [4.69, 9.17) is 0 Å². The van der Waals surface area contributed by atoms with E-state index < -0.39 is 0 Å². The van der Waals surface area contributed by atoms with E-state index in [0.29, 0.717) is 6.04 Å². The second kappa shape index (κ2) is 3.38. The van der Waals surface area contributed by atoms with E-state index in [2.05, 4.69) is 41.5 Å². The number of para-hydroxylation sites is 1. The van der Waals surface area contributed by atoms with Crippen LogP contribution in [0.4, 0.5) is 0 Å². The van der Waals surface area contributed by atoms with Gasteiger partial charge < -0.3 is 10.3 Å². The van der Waals surface area contributed by atoms with Crippen molar-refractivity contribution in [2.75, 3.05) is 6.54 Å². The fourth-order valence-electron chi connectivity index (χ4n) is 2.58. The van der Waals surface area contributed by atoms with Gasteiger partial charge in [-0.05, 0) is 37.9 Å². The molecule has 0 amide bonds. The molecule has 1 aromatic carbocycles. The van der Waals surface area contributed by atoms with Gasteiger partial charge >= 0.3 is 0 Å². The number of benzene rings is 1. The highest BCUT2D eigenvalue weighted by Crippen LogP contribution is 2.29. The standard InChI is InChI=1S/C13H16N2/c1-9-10-5-2-3-6-11(10)15-13(9)12-7-4-8-14-12/h2-3,5-6,12,14-15H,4,7-8H2,1H3. The molecule has 3 rings (SSSR count). The van der Waals surface area contributed by atoms with Gasteiger partial charge in [0.2, 0.25) is 0 Å². The van der Waals surface area contributed by atoms with Crippen molar-refractivity contribution in [3.8, 4) is 0 Å². The lowest BCUT2D eigenvalue weighted by Crippen LogP contribution is -2.13. The molecular formula is C13H16N2. The summed E-state index contributed by atoms with van der Waals surface area (Å²) >= 11 is 0. The smallest absolute Gasteiger partial charge is 0.0476 e. The minimum absolute atomic E-state index is 0.539. The summed E-state index contributed by atoms with van der Waals surface area (Å²) in [6.45, 7) is 3.37. The second-order valence-electron chi connectivity index (χ2n) is 4.36. The Morgan fingerprint density at radius 2 is 2.13 bits per heavy atom. The van der Waals surface area contributed by atoms with Crippen molar-refractivity contribution in [2.45, 2.75) is 25.8 Å². The number of aromatic amines is 1. The predicted molar refractivity (Wildman–Crippen MR) is 63.0 cm³/mol. The van der Waals surface area contributed by atoms with Gasteiger partial charge in [0.25, 0.3) is 0 Å². The Labute approximate surface area is 89.7 Å². The summed E-state index contributed by atoms with van der Waals surface area (Å²) in [6.07, 6.45) is 2.55. The minimum atomic E-state index is 0.539. The fraction of sp³-hybridized carbons (Fsp3) is 0.385. The summed E-state index contributed by atoms with van der Waals surface area (Å²) < 4.78 is 0. The third-order valence-electron chi connectivity index (χ3n) is 3.41. The van der Waals surface area contributed by atoms with Gasteiger partial charge in [-0.2, -0.15) is 0 Å². The number of aromatic nitrogens is 1. The van der Waals surface area contributed by atoms with Crippen LogP contribution < -0.4 is 5.32 Å². The Kier molecular flexibility index (Phi) is 2.03. The zero-order valence-corrected chi connectivity index (χ0v) is 9.01. The van der Waals surface area contributed by atoms with E-state index in [1.165, 1.54) is 35.0 Å². The molecule has 15 heavy (non-hydrogen) atoms. The number of rotatable bonds is 1. The maximum Gasteiger partial charge on any atom is 0.0476 e. The van der Waals surface area contributed by atoms with Crippen LogP contribution >= 0.6 is 0 Å². The first kappa shape index (κ1) is 8.98. The molecule has 1 unspecified atom stereocenters. The SMILES string of the molecule is Cc1c(C2CCCN2)[nH]c2ccccc12. The van der Waals surface area contributed by atoms with Gasteiger partial charge in [-0.15, -0.1) is 0 Å². The van der Waals surface area contributed by atoms with Gasteiger partial charge in [-0.3, -0.25) is 0 Å². The monoisotopic (exact) mass is 200 g/mol. The van der Waals surface area contributed by atoms with Gasteiger partial charge in [0.05, 0.1) is 0 Å². The average Bonchev–Trinajstić information content (AvgIpc) is 2.87. The lowest BCUT2D eigenvalue weighted by molar-refractivity contribution is 0.629. The molecule has 0 bridgehead atoms. The molecule has 1 atom stereocenters. The molecule has 0 saturated carbocycles. The van der Waals surface area contributed by atoms with Crippen LogP contribution in [0.3, 0.4) is 0 Å². The van der Waals surface area contributed by atoms with Crippen molar-refractivity contribution in [2.24, 2.45) is 0 Å². The lowest BCUT2D eigenvalue weighted by atomic mass is 10.1. The van der Waals surface area contributed by atoms with Gasteiger partial charge in [0.15, 0.2) is 0 Å². The van der Waals surface area contributed by atoms with Gasteiger partial charge in [0.1, 0.15) is 0 Å². The number of aryl methyl sites for hydroxylation is 1. The maximum atomic E-state index is 3.54. The highest BCUT2D eigenvalue weighted by atomic mass is 15.0. The zero-order valence-electron chi connectivity index (χ0n) is 9.01. The molecular weight excluding hydrogens is 184 g/mol. The molecule has 0 aliphatic carbocycles. The fourth-order valence-corrected chi connectivity index (χ4v) is 2.58. The average molecular weight is 200 g/mol. The molecule has 1 aliphatic heterocycles. The Hall–Kier alpha value is -1.28. The van der Waals surface area contributed by atoms with Crippen molar-refractivity contribution < 1.29 is 0 Å². The molecule has 1 aromatic heterocycles. The lowest BCUT2D eigenvalue weighted by Gasteiger charge is -2.09. The van der Waals surface area contributed by atoms with Crippen LogP contribution in [0.5, 0.6) is 0 Å². The summed E-state index contributed by atoms with van der Waals surface area (Å²) in [5.41, 5.74) is 4.05. The van der Waals surface area contributed by atoms with E-state index in [1.807, 2.05) is 0 Å². The Morgan fingerprint density at radius 3 is 2.87 bits per heavy atom. The first-order chi connectivity index (χ1) is 7.36. The van der Waals surface area contributed by atoms with Gasteiger partial charge in [-0.1, -0.05) is 18.2 Å². The van der Waals surface area contributed by atoms with E-state index in [-0.39, 0.29) is 0 Å². The molecule has 1 saturated heterocycles. The highest BCUT2D eigenvalue weighted by molar-refractivity contribution is 5.84. The van der Waals surface area contributed by atoms with Crippen LogP contribution in [0.2, 0.25) is 0 Å². The molecule has 78 valence electrons. The molecule has 1 aliphatic rings. The second-order valence-corrected chi connectivity index (χ2v) is 4.36. The maximum absolute atomic E-state index is 3.54. The number of fused-ring (bicyclic) bond motifs is 1. The van der Waals surface area contributed by atoms with E-state index >= 15 is 0 Å². The first-order valence-corrected chi connectivity index (χ1v) is 5.67. The number of H-pyrrole nitrogens is 1. The summed E-state index contributed by atoms with van der Waals surface area (Å²) in [5.74, 6) is 0. The molecule has 1 fully saturated rings. The molecule has 2 aromatic rings. The van der Waals surface area contributed by atoms with E-state index in [1.54, 1.807) is 0 Å². The summed E-state index contributed by atoms with van der Waals surface area (Å²) in [5, 5.41) is 4.91. The normalized spacial score (nSPS) is 21.3. The zero-order chi connectivity index (χ0) is 10.3. The molecule has 0 spiro atoms. The number of hydrogen-bond acceptors (Lipinski definition) is 1. The third-order valence-corrected chi connectivity index (χ3v) is 3.41. The van der Waals surface area contributed by atoms with Crippen LogP contribution in [0.1, 0.15) is 30.1 Å². The predicted octanol–water partition coefficient (Wildman–Crippen LogP) is 2.90. The molecule has 2 N–H and O–H groups in total. The summed E-state index contributed by atoms with van der Waals surface area (Å²) in [4.78, 5) is 3.54. The van der Waals surface area contributed by atoms with Crippen molar-refractivity contribution in [1.82, 2.24) is 10.3 Å². The van der Waals surface area contributed by atoms with Crippen LogP contribution in [0.25, 0.3) is 10.9 Å². The quantitative estimate of drug-likeness (QED) is 0.727. The van der Waals surface area contributed by atoms with Crippen molar-refractivity contribution >= 4 is 10.9 Å². The van der Waals surface area contributed by atoms with Crippen LogP contribution in [0, 0.1) is 6.92 Å². The van der Waals surface area contributed by atoms with Crippen molar-refractivity contribution in [1.29, 1.82) is 0 Å². The highest BCUT2D eigenvalue weighted by Gasteiger charge is 2.20. The number of nitrogens with one attached hydrogen (secondary N) is 2. The molecule has 2 heteroatoms. The molecule has 2 heterocycles. The van der Waals surface area contributed by atoms with Gasteiger partial charge in [0, 0.05) is 22.6 Å². The third kappa shape index (κ3) is 1.37. The topological polar surface area (TPSA) is 27.8 Å². The first-order valence-electron chi connectivity index (χ1n) is 5.67. The largest absolute Gasteiger partial charge is 0.357 e. The van der Waals surface area contributed by atoms with Gasteiger partial charge in [-0.25, -0.2) is 0 Å². The van der Waals surface area contributed by atoms with Crippen molar-refractivity contribution in [3.63, 3.8) is 0 Å². The minimum Gasteiger partial charge on any atom is -0.357 e. The van der Waals surface area contributed by atoms with Crippen molar-refractivity contribution in [3.05, 3.63) is 35.5 Å². The van der Waals surface area contributed by atoms with Crippen LogP contribution in [-0.2, 0) is 0 Å². The summed E-state index contributed by atoms with van der Waals surface area (Å²) in [7, 11) is 0. The Balaban J connectivity index is 2.14. The number of hydrogen-bond donors (Lipinski definition) is 2. The Morgan fingerprint density at radius 1 is 1.27 bits per heavy atom. The van der Waals surface area contributed by atoms with E-state index in [9.17, 15) is 0 Å².